The summed E-state index contributed by atoms with van der Waals surface area (Å²) in [6, 6.07) is 18.5. The molecule has 2 saturated heterocycles. The molecule has 1 aliphatic carbocycles. The Morgan fingerprint density at radius 2 is 1.71 bits per heavy atom. The smallest absolute Gasteiger partial charge is 0.338 e. The molecular formula is C28H32N2O8. The fourth-order valence-electron chi connectivity index (χ4n) is 6.02. The van der Waals surface area contributed by atoms with E-state index in [1.165, 1.54) is 14.0 Å². The summed E-state index contributed by atoms with van der Waals surface area (Å²) in [6.07, 6.45) is -3.75. The number of nitrogens with one attached hydrogen (secondary N) is 2. The van der Waals surface area contributed by atoms with Crippen molar-refractivity contribution in [2.24, 2.45) is 5.92 Å². The Hall–Kier alpha value is -3.47. The SMILES string of the molecule is COC1OC2C(=O)OC3C(OCc4ccccc4)[C@]2(NC(=O)NCc2ccccc2)C1C[C@]3(C)OC(C)=O. The van der Waals surface area contributed by atoms with Crippen LogP contribution < -0.4 is 10.6 Å². The molecule has 202 valence electrons. The summed E-state index contributed by atoms with van der Waals surface area (Å²) in [4.78, 5) is 38.8. The lowest BCUT2D eigenvalue weighted by molar-refractivity contribution is -0.257. The van der Waals surface area contributed by atoms with Crippen LogP contribution in [0, 0.1) is 5.92 Å². The first-order valence-electron chi connectivity index (χ1n) is 12.6. The summed E-state index contributed by atoms with van der Waals surface area (Å²) in [5, 5.41) is 5.92. The van der Waals surface area contributed by atoms with E-state index >= 15 is 0 Å². The Kier molecular flexibility index (Phi) is 7.13. The molecule has 0 aromatic heterocycles. The van der Waals surface area contributed by atoms with Crippen molar-refractivity contribution in [1.82, 2.24) is 10.6 Å². The van der Waals surface area contributed by atoms with E-state index in [0.717, 1.165) is 11.1 Å². The van der Waals surface area contributed by atoms with Gasteiger partial charge in [0.1, 0.15) is 17.2 Å². The standard InChI is InChI=1S/C28H32N2O8/c1-17(31)38-27(2)14-20-25(34-3)37-23-24(32)36-21(27)22(35-16-19-12-8-5-9-13-19)28(20,23)30-26(33)29-15-18-10-6-4-7-11-18/h4-13,20-23,25H,14-16H2,1-3H3,(H2,29,30,33)/t20?,21?,22?,23?,25?,27-,28+/m0/s1. The quantitative estimate of drug-likeness (QED) is 0.505. The van der Waals surface area contributed by atoms with Crippen LogP contribution in [0.4, 0.5) is 4.79 Å². The van der Waals surface area contributed by atoms with Crippen LogP contribution in [-0.2, 0) is 46.4 Å². The van der Waals surface area contributed by atoms with Crippen molar-refractivity contribution >= 4 is 18.0 Å². The van der Waals surface area contributed by atoms with Crippen molar-refractivity contribution in [2.45, 2.75) is 69.2 Å². The number of rotatable bonds is 8. The third kappa shape index (κ3) is 4.63. The Balaban J connectivity index is 1.51. The highest BCUT2D eigenvalue weighted by molar-refractivity contribution is 5.83. The fraction of sp³-hybridized carbons (Fsp3) is 0.464. The largest absolute Gasteiger partial charge is 0.455 e. The van der Waals surface area contributed by atoms with Gasteiger partial charge in [-0.25, -0.2) is 9.59 Å². The molecule has 2 aromatic rings. The van der Waals surface area contributed by atoms with E-state index < -0.39 is 59.6 Å². The van der Waals surface area contributed by atoms with Crippen LogP contribution in [0.2, 0.25) is 0 Å². The van der Waals surface area contributed by atoms with Gasteiger partial charge in [0.05, 0.1) is 6.61 Å². The van der Waals surface area contributed by atoms with E-state index in [2.05, 4.69) is 10.6 Å². The molecule has 38 heavy (non-hydrogen) atoms. The zero-order valence-corrected chi connectivity index (χ0v) is 21.5. The van der Waals surface area contributed by atoms with Crippen LogP contribution in [0.25, 0.3) is 0 Å². The number of fused-ring (bicyclic) bond motifs is 1. The highest BCUT2D eigenvalue weighted by Crippen LogP contribution is 2.55. The second kappa shape index (κ2) is 10.4. The third-order valence-electron chi connectivity index (χ3n) is 7.58. The molecule has 2 bridgehead atoms. The number of carbonyl (C=O) groups is 3. The molecule has 1 saturated carbocycles. The molecule has 2 amide bonds. The Labute approximate surface area is 220 Å². The van der Waals surface area contributed by atoms with Crippen molar-refractivity contribution in [3.05, 3.63) is 71.8 Å². The maximum Gasteiger partial charge on any atom is 0.338 e. The number of hydrogen-bond donors (Lipinski definition) is 2. The van der Waals surface area contributed by atoms with Gasteiger partial charge in [-0.3, -0.25) is 4.79 Å². The average Bonchev–Trinajstić information content (AvgIpc) is 3.23. The highest BCUT2D eigenvalue weighted by atomic mass is 16.7. The fourth-order valence-corrected chi connectivity index (χ4v) is 6.02. The first kappa shape index (κ1) is 26.1. The summed E-state index contributed by atoms with van der Waals surface area (Å²) in [6.45, 7) is 3.45. The predicted molar refractivity (Wildman–Crippen MR) is 133 cm³/mol. The maximum atomic E-state index is 13.3. The molecule has 7 atom stereocenters. The van der Waals surface area contributed by atoms with Crippen LogP contribution >= 0.6 is 0 Å². The van der Waals surface area contributed by atoms with Crippen LogP contribution in [-0.4, -0.2) is 60.8 Å². The third-order valence-corrected chi connectivity index (χ3v) is 7.58. The number of esters is 2. The molecule has 5 rings (SSSR count). The van der Waals surface area contributed by atoms with E-state index in [1.807, 2.05) is 60.7 Å². The number of amides is 2. The van der Waals surface area contributed by atoms with Gasteiger partial charge in [-0.05, 0) is 18.1 Å². The van der Waals surface area contributed by atoms with Crippen LogP contribution in [0.5, 0.6) is 0 Å². The van der Waals surface area contributed by atoms with Gasteiger partial charge in [0.2, 0.25) is 0 Å². The number of carbonyl (C=O) groups excluding carboxylic acids is 3. The molecule has 2 aromatic carbocycles. The molecule has 0 spiro atoms. The van der Waals surface area contributed by atoms with Crippen LogP contribution in [0.1, 0.15) is 31.4 Å². The topological polar surface area (TPSA) is 121 Å². The molecule has 3 aliphatic rings. The number of urea groups is 1. The molecule has 0 radical (unpaired) electrons. The average molecular weight is 525 g/mol. The molecule has 2 N–H and O–H groups in total. The minimum atomic E-state index is -1.34. The molecule has 5 unspecified atom stereocenters. The summed E-state index contributed by atoms with van der Waals surface area (Å²) >= 11 is 0. The van der Waals surface area contributed by atoms with E-state index in [4.69, 9.17) is 23.7 Å². The second-order valence-electron chi connectivity index (χ2n) is 10.1. The van der Waals surface area contributed by atoms with E-state index in [-0.39, 0.29) is 19.6 Å². The van der Waals surface area contributed by atoms with Crippen molar-refractivity contribution in [3.63, 3.8) is 0 Å². The number of hydrogen-bond acceptors (Lipinski definition) is 8. The summed E-state index contributed by atoms with van der Waals surface area (Å²) < 4.78 is 29.7. The Morgan fingerprint density at radius 3 is 2.34 bits per heavy atom. The van der Waals surface area contributed by atoms with Crippen molar-refractivity contribution in [3.8, 4) is 0 Å². The summed E-state index contributed by atoms with van der Waals surface area (Å²) in [7, 11) is 1.46. The lowest BCUT2D eigenvalue weighted by Crippen LogP contribution is -2.80. The van der Waals surface area contributed by atoms with Crippen molar-refractivity contribution in [1.29, 1.82) is 0 Å². The van der Waals surface area contributed by atoms with Gasteiger partial charge < -0.3 is 34.3 Å². The van der Waals surface area contributed by atoms with E-state index in [9.17, 15) is 14.4 Å². The lowest BCUT2D eigenvalue weighted by atomic mass is 9.61. The number of benzene rings is 2. The first-order chi connectivity index (χ1) is 18.3. The minimum absolute atomic E-state index is 0.169. The summed E-state index contributed by atoms with van der Waals surface area (Å²) in [5.41, 5.74) is -0.778. The first-order valence-corrected chi connectivity index (χ1v) is 12.6. The molecular weight excluding hydrogens is 492 g/mol. The zero-order valence-electron chi connectivity index (χ0n) is 21.5. The molecule has 10 heteroatoms. The monoisotopic (exact) mass is 524 g/mol. The highest BCUT2D eigenvalue weighted by Gasteiger charge is 2.76. The molecule has 2 aliphatic heterocycles. The van der Waals surface area contributed by atoms with Crippen molar-refractivity contribution < 1.29 is 38.1 Å². The lowest BCUT2D eigenvalue weighted by Gasteiger charge is -2.57. The normalized spacial score (nSPS) is 33.2. The predicted octanol–water partition coefficient (Wildman–Crippen LogP) is 2.45. The van der Waals surface area contributed by atoms with Crippen LogP contribution in [0.15, 0.2) is 60.7 Å². The van der Waals surface area contributed by atoms with E-state index in [0.29, 0.717) is 0 Å². The molecule has 3 fully saturated rings. The minimum Gasteiger partial charge on any atom is -0.455 e. The summed E-state index contributed by atoms with van der Waals surface area (Å²) in [5.74, 6) is -1.80. The number of ether oxygens (including phenoxy) is 5. The van der Waals surface area contributed by atoms with Gasteiger partial charge in [-0.2, -0.15) is 0 Å². The Bertz CT molecular complexity index is 1180. The van der Waals surface area contributed by atoms with Gasteiger partial charge in [0.25, 0.3) is 0 Å². The van der Waals surface area contributed by atoms with Crippen LogP contribution in [0.3, 0.4) is 0 Å². The Morgan fingerprint density at radius 1 is 1.05 bits per heavy atom. The van der Waals surface area contributed by atoms with Gasteiger partial charge in [-0.1, -0.05) is 60.7 Å². The zero-order chi connectivity index (χ0) is 26.9. The van der Waals surface area contributed by atoms with Crippen molar-refractivity contribution in [2.75, 3.05) is 7.11 Å². The van der Waals surface area contributed by atoms with Gasteiger partial charge in [-0.15, -0.1) is 0 Å². The van der Waals surface area contributed by atoms with Gasteiger partial charge >= 0.3 is 18.0 Å². The number of methoxy groups -OCH3 is 1. The second-order valence-corrected chi connectivity index (χ2v) is 10.1. The maximum absolute atomic E-state index is 13.3. The van der Waals surface area contributed by atoms with E-state index in [1.54, 1.807) is 6.92 Å². The molecule has 10 nitrogen and oxygen atoms in total. The van der Waals surface area contributed by atoms with Gasteiger partial charge in [0.15, 0.2) is 18.5 Å². The van der Waals surface area contributed by atoms with Gasteiger partial charge in [0, 0.05) is 32.9 Å². The molecule has 2 heterocycles.